The van der Waals surface area contributed by atoms with Gasteiger partial charge < -0.3 is 15.5 Å². The molecule has 2 unspecified atom stereocenters. The molecule has 3 rings (SSSR count). The maximum Gasteiger partial charge on any atom is 0.225 e. The van der Waals surface area contributed by atoms with Crippen molar-refractivity contribution in [2.24, 2.45) is 5.92 Å². The van der Waals surface area contributed by atoms with Gasteiger partial charge in [0.1, 0.15) is 0 Å². The molecule has 5 nitrogen and oxygen atoms in total. The van der Waals surface area contributed by atoms with Crippen molar-refractivity contribution in [1.82, 2.24) is 15.5 Å². The minimum Gasteiger partial charge on any atom is -0.350 e. The average molecular weight is 344 g/mol. The quantitative estimate of drug-likeness (QED) is 0.871. The lowest BCUT2D eigenvalue weighted by atomic mass is 9.97. The third-order valence-corrected chi connectivity index (χ3v) is 4.53. The Labute approximate surface area is 140 Å². The maximum atomic E-state index is 12.1. The van der Waals surface area contributed by atoms with E-state index in [9.17, 15) is 9.59 Å². The van der Waals surface area contributed by atoms with Crippen LogP contribution in [0.2, 0.25) is 5.02 Å². The second-order valence-corrected chi connectivity index (χ2v) is 6.11. The van der Waals surface area contributed by atoms with Gasteiger partial charge in [-0.05, 0) is 17.7 Å². The van der Waals surface area contributed by atoms with Crippen LogP contribution in [0.1, 0.15) is 18.0 Å². The van der Waals surface area contributed by atoms with E-state index in [4.69, 9.17) is 11.6 Å². The van der Waals surface area contributed by atoms with Gasteiger partial charge in [-0.15, -0.1) is 12.4 Å². The molecular weight excluding hydrogens is 325 g/mol. The summed E-state index contributed by atoms with van der Waals surface area (Å²) >= 11 is 5.91. The van der Waals surface area contributed by atoms with Crippen LogP contribution in [0.25, 0.3) is 0 Å². The summed E-state index contributed by atoms with van der Waals surface area (Å²) in [6.45, 7) is 1.43. The number of likely N-dealkylation sites (N-methyl/N-ethyl adjacent to an activating group) is 1. The molecule has 2 atom stereocenters. The Morgan fingerprint density at radius 2 is 1.95 bits per heavy atom. The van der Waals surface area contributed by atoms with Crippen molar-refractivity contribution in [1.29, 1.82) is 0 Å². The lowest BCUT2D eigenvalue weighted by molar-refractivity contribution is -0.128. The smallest absolute Gasteiger partial charge is 0.225 e. The molecule has 2 saturated heterocycles. The topological polar surface area (TPSA) is 61.4 Å². The molecule has 0 aliphatic carbocycles. The summed E-state index contributed by atoms with van der Waals surface area (Å²) in [7, 11) is 1.78. The highest BCUT2D eigenvalue weighted by atomic mass is 35.5. The van der Waals surface area contributed by atoms with Gasteiger partial charge in [0.05, 0.1) is 18.0 Å². The van der Waals surface area contributed by atoms with E-state index in [0.717, 1.165) is 5.56 Å². The average Bonchev–Trinajstić information content (AvgIpc) is 2.64. The molecule has 2 aliphatic rings. The molecule has 0 radical (unpaired) electrons. The third kappa shape index (κ3) is 3.21. The zero-order valence-electron chi connectivity index (χ0n) is 12.2. The van der Waals surface area contributed by atoms with E-state index in [2.05, 4.69) is 10.6 Å². The SMILES string of the molecule is CN1C(=O)CC(NC(=O)C2CNC2)C1c1ccc(Cl)cc1.Cl. The second-order valence-electron chi connectivity index (χ2n) is 5.68. The van der Waals surface area contributed by atoms with Crippen molar-refractivity contribution in [2.75, 3.05) is 20.1 Å². The van der Waals surface area contributed by atoms with Gasteiger partial charge in [0.2, 0.25) is 11.8 Å². The predicted octanol–water partition coefficient (Wildman–Crippen LogP) is 1.37. The molecule has 0 spiro atoms. The van der Waals surface area contributed by atoms with Gasteiger partial charge in [0.25, 0.3) is 0 Å². The summed E-state index contributed by atoms with van der Waals surface area (Å²) in [6.07, 6.45) is 0.343. The van der Waals surface area contributed by atoms with Crippen LogP contribution in [0.4, 0.5) is 0 Å². The van der Waals surface area contributed by atoms with Gasteiger partial charge in [-0.2, -0.15) is 0 Å². The summed E-state index contributed by atoms with van der Waals surface area (Å²) in [4.78, 5) is 25.8. The molecular formula is C15H19Cl2N3O2. The third-order valence-electron chi connectivity index (χ3n) is 4.28. The molecule has 0 saturated carbocycles. The number of carbonyl (C=O) groups excluding carboxylic acids is 2. The molecule has 2 amide bonds. The number of carbonyl (C=O) groups is 2. The Bertz CT molecular complexity index is 560. The fourth-order valence-corrected chi connectivity index (χ4v) is 3.02. The number of benzene rings is 1. The van der Waals surface area contributed by atoms with Gasteiger partial charge in [-0.3, -0.25) is 9.59 Å². The molecule has 120 valence electrons. The highest BCUT2D eigenvalue weighted by Gasteiger charge is 2.40. The number of hydrogen-bond acceptors (Lipinski definition) is 3. The monoisotopic (exact) mass is 343 g/mol. The fourth-order valence-electron chi connectivity index (χ4n) is 2.89. The van der Waals surface area contributed by atoms with E-state index < -0.39 is 0 Å². The number of halogens is 2. The second kappa shape index (κ2) is 6.86. The molecule has 0 aromatic heterocycles. The Kier molecular flexibility index (Phi) is 5.32. The first-order valence-electron chi connectivity index (χ1n) is 7.08. The summed E-state index contributed by atoms with van der Waals surface area (Å²) in [5.41, 5.74) is 0.991. The zero-order chi connectivity index (χ0) is 15.0. The van der Waals surface area contributed by atoms with Gasteiger partial charge in [0, 0.05) is 31.6 Å². The van der Waals surface area contributed by atoms with Crippen molar-refractivity contribution in [3.63, 3.8) is 0 Å². The van der Waals surface area contributed by atoms with Crippen LogP contribution in [-0.2, 0) is 9.59 Å². The summed E-state index contributed by atoms with van der Waals surface area (Å²) < 4.78 is 0. The van der Waals surface area contributed by atoms with E-state index in [0.29, 0.717) is 24.5 Å². The number of likely N-dealkylation sites (tertiary alicyclic amines) is 1. The summed E-state index contributed by atoms with van der Waals surface area (Å²) in [5, 5.41) is 6.77. The fraction of sp³-hybridized carbons (Fsp3) is 0.467. The van der Waals surface area contributed by atoms with Gasteiger partial charge in [-0.1, -0.05) is 23.7 Å². The standard InChI is InChI=1S/C15H18ClN3O2.ClH/c1-19-13(20)6-12(18-15(21)10-7-17-8-10)14(19)9-2-4-11(16)5-3-9;/h2-5,10,12,14,17H,6-8H2,1H3,(H,18,21);1H. The lowest BCUT2D eigenvalue weighted by Crippen LogP contribution is -2.53. The molecule has 7 heteroatoms. The molecule has 22 heavy (non-hydrogen) atoms. The number of amides is 2. The first-order chi connectivity index (χ1) is 10.1. The van der Waals surface area contributed by atoms with Crippen LogP contribution >= 0.6 is 24.0 Å². The van der Waals surface area contributed by atoms with Crippen molar-refractivity contribution in [3.05, 3.63) is 34.9 Å². The summed E-state index contributed by atoms with van der Waals surface area (Å²) in [5.74, 6) is 0.102. The van der Waals surface area contributed by atoms with E-state index in [-0.39, 0.29) is 42.2 Å². The van der Waals surface area contributed by atoms with Gasteiger partial charge in [0.15, 0.2) is 0 Å². The minimum atomic E-state index is -0.184. The molecule has 2 N–H and O–H groups in total. The summed E-state index contributed by atoms with van der Waals surface area (Å²) in [6, 6.07) is 7.12. The Morgan fingerprint density at radius 1 is 1.32 bits per heavy atom. The van der Waals surface area contributed by atoms with Crippen LogP contribution in [0.5, 0.6) is 0 Å². The number of rotatable bonds is 3. The van der Waals surface area contributed by atoms with Crippen molar-refractivity contribution < 1.29 is 9.59 Å². The normalized spacial score (nSPS) is 24.6. The van der Waals surface area contributed by atoms with Crippen LogP contribution < -0.4 is 10.6 Å². The van der Waals surface area contributed by atoms with Crippen LogP contribution in [-0.4, -0.2) is 42.9 Å². The minimum absolute atomic E-state index is 0. The largest absolute Gasteiger partial charge is 0.350 e. The maximum absolute atomic E-state index is 12.1. The van der Waals surface area contributed by atoms with Crippen molar-refractivity contribution in [3.8, 4) is 0 Å². The molecule has 1 aromatic carbocycles. The van der Waals surface area contributed by atoms with E-state index in [1.165, 1.54) is 0 Å². The molecule has 1 aromatic rings. The first kappa shape index (κ1) is 17.1. The van der Waals surface area contributed by atoms with E-state index in [1.807, 2.05) is 24.3 Å². The van der Waals surface area contributed by atoms with Crippen LogP contribution in [0.3, 0.4) is 0 Å². The van der Waals surface area contributed by atoms with Crippen LogP contribution in [0.15, 0.2) is 24.3 Å². The van der Waals surface area contributed by atoms with E-state index in [1.54, 1.807) is 11.9 Å². The molecule has 0 bridgehead atoms. The first-order valence-corrected chi connectivity index (χ1v) is 7.46. The lowest BCUT2D eigenvalue weighted by Gasteiger charge is -2.30. The highest BCUT2D eigenvalue weighted by Crippen LogP contribution is 2.32. The molecule has 2 heterocycles. The Hall–Kier alpha value is -1.30. The zero-order valence-corrected chi connectivity index (χ0v) is 13.8. The van der Waals surface area contributed by atoms with Crippen molar-refractivity contribution >= 4 is 35.8 Å². The van der Waals surface area contributed by atoms with Gasteiger partial charge >= 0.3 is 0 Å². The van der Waals surface area contributed by atoms with Crippen LogP contribution in [0, 0.1) is 5.92 Å². The van der Waals surface area contributed by atoms with E-state index >= 15 is 0 Å². The Morgan fingerprint density at radius 3 is 2.50 bits per heavy atom. The number of hydrogen-bond donors (Lipinski definition) is 2. The van der Waals surface area contributed by atoms with Gasteiger partial charge in [-0.25, -0.2) is 0 Å². The highest BCUT2D eigenvalue weighted by molar-refractivity contribution is 6.30. The number of nitrogens with one attached hydrogen (secondary N) is 2. The molecule has 2 fully saturated rings. The number of nitrogens with zero attached hydrogens (tertiary/aromatic N) is 1. The Balaban J connectivity index is 0.00000176. The predicted molar refractivity (Wildman–Crippen MR) is 87.1 cm³/mol. The van der Waals surface area contributed by atoms with Crippen molar-refractivity contribution in [2.45, 2.75) is 18.5 Å². The molecule has 2 aliphatic heterocycles.